The lowest BCUT2D eigenvalue weighted by Crippen LogP contribution is -2.12. The Morgan fingerprint density at radius 2 is 1.01 bits per heavy atom. The van der Waals surface area contributed by atoms with Gasteiger partial charge in [0.25, 0.3) is 0 Å². The van der Waals surface area contributed by atoms with Crippen molar-refractivity contribution in [3.05, 3.63) is 203 Å². The first-order valence-corrected chi connectivity index (χ1v) is 23.0. The smallest absolute Gasteiger partial charge is 0.336 e. The molecule has 5 aliphatic rings. The van der Waals surface area contributed by atoms with Crippen molar-refractivity contribution in [2.24, 2.45) is 0 Å². The van der Waals surface area contributed by atoms with E-state index in [-0.39, 0.29) is 53.3 Å². The average molecular weight is 967 g/mol. The van der Waals surface area contributed by atoms with Gasteiger partial charge in [-0.3, -0.25) is 4.79 Å². The van der Waals surface area contributed by atoms with E-state index in [1.54, 1.807) is 103 Å². The topological polar surface area (TPSA) is 216 Å². The number of ether oxygens (including phenoxy) is 5. The second kappa shape index (κ2) is 28.3. The Bertz CT molecular complexity index is 2610. The lowest BCUT2D eigenvalue weighted by molar-refractivity contribution is -0.141. The lowest BCUT2D eigenvalue weighted by atomic mass is 10.0. The quantitative estimate of drug-likeness (QED) is 0.0759. The summed E-state index contributed by atoms with van der Waals surface area (Å²) in [6, 6.07) is 38.6. The van der Waals surface area contributed by atoms with Crippen LogP contribution in [0.2, 0.25) is 0 Å². The molecule has 0 amide bonds. The van der Waals surface area contributed by atoms with Crippen molar-refractivity contribution >= 4 is 36.0 Å². The predicted molar refractivity (Wildman–Crippen MR) is 266 cm³/mol. The van der Waals surface area contributed by atoms with Crippen molar-refractivity contribution in [1.82, 2.24) is 0 Å². The Balaban J connectivity index is 0.000000161. The first-order chi connectivity index (χ1) is 34.2. The van der Waals surface area contributed by atoms with E-state index in [0.29, 0.717) is 66.6 Å². The van der Waals surface area contributed by atoms with Crippen molar-refractivity contribution in [2.45, 2.75) is 76.8 Å². The van der Waals surface area contributed by atoms with Crippen molar-refractivity contribution in [1.29, 1.82) is 0 Å². The van der Waals surface area contributed by atoms with E-state index >= 15 is 0 Å². The van der Waals surface area contributed by atoms with Gasteiger partial charge in [0.2, 0.25) is 0 Å². The molecule has 2 saturated heterocycles. The minimum Gasteiger partial charge on any atom is -0.508 e. The molecule has 10 rings (SSSR count). The third kappa shape index (κ3) is 19.4. The van der Waals surface area contributed by atoms with Crippen LogP contribution in [0.25, 0.3) is 12.2 Å². The molecule has 0 saturated carbocycles. The SMILES string of the molecule is CC(C)c1ccccc1.O=C1C=C/C(=C/c2ccccc2O)O1.O=C1C=C/C(=C/c2ccccc2O)O1.O=C1C=CCO1.O=C1CCC(Cc2ccccc2O)O1.Oc1ccccc1CC1CCC(O)O1. The molecule has 14 nitrogen and oxygen atoms in total. The van der Waals surface area contributed by atoms with E-state index < -0.39 is 6.29 Å². The van der Waals surface area contributed by atoms with Crippen molar-refractivity contribution in [3.63, 3.8) is 0 Å². The Labute approximate surface area is 412 Å². The van der Waals surface area contributed by atoms with Crippen LogP contribution in [-0.4, -0.2) is 74.5 Å². The van der Waals surface area contributed by atoms with Gasteiger partial charge in [-0.2, -0.15) is 0 Å². The number of phenolic OH excluding ortho intramolecular Hbond substituents is 4. The van der Waals surface area contributed by atoms with Crippen LogP contribution in [0.1, 0.15) is 73.3 Å². The summed E-state index contributed by atoms with van der Waals surface area (Å²) in [5, 5.41) is 47.0. The number of esters is 4. The number of para-hydroxylation sites is 4. The number of cyclic esters (lactones) is 4. The van der Waals surface area contributed by atoms with Crippen LogP contribution in [0.3, 0.4) is 0 Å². The third-order valence-electron chi connectivity index (χ3n) is 10.6. The molecular formula is C57H58O14. The van der Waals surface area contributed by atoms with Crippen molar-refractivity contribution < 1.29 is 68.4 Å². The molecule has 0 aliphatic carbocycles. The number of rotatable bonds is 7. The molecule has 5 heterocycles. The second-order valence-electron chi connectivity index (χ2n) is 16.4. The second-order valence-corrected chi connectivity index (χ2v) is 16.4. The number of aliphatic hydroxyl groups is 1. The largest absolute Gasteiger partial charge is 0.508 e. The normalized spacial score (nSPS) is 19.1. The zero-order chi connectivity index (χ0) is 51.0. The highest BCUT2D eigenvalue weighted by Gasteiger charge is 2.25. The standard InChI is InChI=1S/C11H14O3.C11H12O3.2C11H8O3.C9H12.C4H4O2/c4*12-10-4-2-1-3-8(10)7-9-5-6-11(13)14-9;1-8(2)9-6-4-3-5-7-9;5-4-2-1-3-6-4/h1-4,9,11-13H,5-7H2;1-4,9,12H,5-7H2;2*1-7,12H;3-8H,1-2H3;1-2H,3H2/b;;2*9-7-;;. The van der Waals surface area contributed by atoms with E-state index in [9.17, 15) is 39.6 Å². The fraction of sp³-hybridized carbons (Fsp3) is 0.228. The van der Waals surface area contributed by atoms with Crippen LogP contribution < -0.4 is 0 Å². The lowest BCUT2D eigenvalue weighted by Gasteiger charge is -2.11. The number of carbonyl (C=O) groups excluding carboxylic acids is 4. The Morgan fingerprint density at radius 1 is 0.535 bits per heavy atom. The number of aromatic hydroxyl groups is 4. The van der Waals surface area contributed by atoms with E-state index in [4.69, 9.17) is 24.1 Å². The van der Waals surface area contributed by atoms with Gasteiger partial charge >= 0.3 is 23.9 Å². The molecule has 370 valence electrons. The van der Waals surface area contributed by atoms with Crippen LogP contribution in [0.4, 0.5) is 0 Å². The highest BCUT2D eigenvalue weighted by atomic mass is 16.6. The van der Waals surface area contributed by atoms with E-state index in [1.807, 2.05) is 30.3 Å². The Hall–Kier alpha value is -8.20. The zero-order valence-corrected chi connectivity index (χ0v) is 39.4. The number of aliphatic hydroxyl groups excluding tert-OH is 1. The molecule has 5 N–H and O–H groups in total. The van der Waals surface area contributed by atoms with Crippen LogP contribution in [0, 0.1) is 0 Å². The minimum absolute atomic E-state index is 0.0401. The average Bonchev–Trinajstić information content (AvgIpc) is 4.24. The first-order valence-electron chi connectivity index (χ1n) is 23.0. The summed E-state index contributed by atoms with van der Waals surface area (Å²) in [5.74, 6) is 1.32. The molecule has 0 radical (unpaired) electrons. The first kappa shape index (κ1) is 53.8. The number of benzene rings is 5. The Morgan fingerprint density at radius 3 is 1.37 bits per heavy atom. The van der Waals surface area contributed by atoms with Crippen molar-refractivity contribution in [3.8, 4) is 23.0 Å². The molecule has 0 aromatic heterocycles. The monoisotopic (exact) mass is 966 g/mol. The molecule has 0 bridgehead atoms. The summed E-state index contributed by atoms with van der Waals surface area (Å²) >= 11 is 0. The molecule has 5 aliphatic heterocycles. The number of phenols is 4. The fourth-order valence-corrected chi connectivity index (χ4v) is 6.93. The summed E-state index contributed by atoms with van der Waals surface area (Å²) in [6.07, 6.45) is 15.6. The van der Waals surface area contributed by atoms with E-state index in [1.165, 1.54) is 23.8 Å². The zero-order valence-electron chi connectivity index (χ0n) is 39.4. The number of carbonyl (C=O) groups is 4. The third-order valence-corrected chi connectivity index (χ3v) is 10.6. The van der Waals surface area contributed by atoms with Gasteiger partial charge < -0.3 is 49.2 Å². The highest BCUT2D eigenvalue weighted by molar-refractivity contribution is 5.88. The van der Waals surface area contributed by atoms with Crippen LogP contribution in [0.5, 0.6) is 23.0 Å². The predicted octanol–water partition coefficient (Wildman–Crippen LogP) is 9.67. The van der Waals surface area contributed by atoms with Crippen LogP contribution in [0.15, 0.2) is 175 Å². The minimum atomic E-state index is -0.620. The summed E-state index contributed by atoms with van der Waals surface area (Å²) < 4.78 is 24.4. The van der Waals surface area contributed by atoms with Gasteiger partial charge in [0.15, 0.2) is 6.29 Å². The van der Waals surface area contributed by atoms with Crippen molar-refractivity contribution in [2.75, 3.05) is 6.61 Å². The number of allylic oxidation sites excluding steroid dienone is 2. The fourth-order valence-electron chi connectivity index (χ4n) is 6.93. The number of hydrogen-bond donors (Lipinski definition) is 5. The summed E-state index contributed by atoms with van der Waals surface area (Å²) in [4.78, 5) is 42.2. The van der Waals surface area contributed by atoms with Gasteiger partial charge in [0.05, 0.1) is 6.10 Å². The van der Waals surface area contributed by atoms with Gasteiger partial charge in [0.1, 0.15) is 47.2 Å². The molecule has 5 aromatic carbocycles. The van der Waals surface area contributed by atoms with Gasteiger partial charge in [-0.25, -0.2) is 14.4 Å². The number of hydrogen-bond acceptors (Lipinski definition) is 14. The van der Waals surface area contributed by atoms with Crippen LogP contribution >= 0.6 is 0 Å². The van der Waals surface area contributed by atoms with E-state index in [2.05, 4.69) is 42.8 Å². The molecular weight excluding hydrogens is 909 g/mol. The van der Waals surface area contributed by atoms with Crippen LogP contribution in [-0.2, 0) is 55.7 Å². The van der Waals surface area contributed by atoms with E-state index in [0.717, 1.165) is 24.0 Å². The van der Waals surface area contributed by atoms with Gasteiger partial charge in [0, 0.05) is 55.0 Å². The summed E-state index contributed by atoms with van der Waals surface area (Å²) in [6.45, 7) is 4.86. The molecule has 3 atom stereocenters. The van der Waals surface area contributed by atoms with Gasteiger partial charge in [-0.1, -0.05) is 117 Å². The molecule has 71 heavy (non-hydrogen) atoms. The highest BCUT2D eigenvalue weighted by Crippen LogP contribution is 2.27. The summed E-state index contributed by atoms with van der Waals surface area (Å²) in [5.41, 5.74) is 4.39. The molecule has 2 fully saturated rings. The Kier molecular flexibility index (Phi) is 21.4. The summed E-state index contributed by atoms with van der Waals surface area (Å²) in [7, 11) is 0. The maximum Gasteiger partial charge on any atom is 0.336 e. The molecule has 0 spiro atoms. The molecule has 3 unspecified atom stereocenters. The maximum atomic E-state index is 10.8. The molecule has 14 heteroatoms. The van der Waals surface area contributed by atoms with Gasteiger partial charge in [-0.05, 0) is 90.1 Å². The maximum absolute atomic E-state index is 10.8. The van der Waals surface area contributed by atoms with Gasteiger partial charge in [-0.15, -0.1) is 0 Å². The molecule has 5 aromatic rings.